The molecule has 1 amide bonds. The molecule has 3 aromatic rings. The van der Waals surface area contributed by atoms with Gasteiger partial charge in [0.15, 0.2) is 0 Å². The van der Waals surface area contributed by atoms with E-state index >= 15 is 0 Å². The van der Waals surface area contributed by atoms with Crippen molar-refractivity contribution in [3.63, 3.8) is 0 Å². The summed E-state index contributed by atoms with van der Waals surface area (Å²) in [6.07, 6.45) is 8.09. The van der Waals surface area contributed by atoms with Gasteiger partial charge >= 0.3 is 0 Å². The molecular formula is C22H20N6O2. The van der Waals surface area contributed by atoms with E-state index in [1.54, 1.807) is 24.7 Å². The molecule has 0 bridgehead atoms. The number of nitrogens with one attached hydrogen (secondary N) is 2. The van der Waals surface area contributed by atoms with E-state index in [4.69, 9.17) is 10.2 Å². The molecule has 1 saturated heterocycles. The van der Waals surface area contributed by atoms with Crippen LogP contribution in [0, 0.1) is 11.3 Å². The number of nitriles is 1. The van der Waals surface area contributed by atoms with Crippen LogP contribution in [0.1, 0.15) is 46.6 Å². The molecule has 8 heteroatoms. The summed E-state index contributed by atoms with van der Waals surface area (Å²) in [4.78, 5) is 42.4. The van der Waals surface area contributed by atoms with Gasteiger partial charge in [-0.25, -0.2) is 4.98 Å². The first-order valence-corrected chi connectivity index (χ1v) is 10.0. The zero-order valence-corrected chi connectivity index (χ0v) is 16.3. The van der Waals surface area contributed by atoms with Crippen LogP contribution in [0.3, 0.4) is 0 Å². The van der Waals surface area contributed by atoms with E-state index in [1.165, 1.54) is 0 Å². The van der Waals surface area contributed by atoms with Crippen molar-refractivity contribution in [2.24, 2.45) is 0 Å². The minimum Gasteiger partial charge on any atom is -0.356 e. The fourth-order valence-corrected chi connectivity index (χ4v) is 4.75. The summed E-state index contributed by atoms with van der Waals surface area (Å²) in [6.45, 7) is 1.16. The van der Waals surface area contributed by atoms with Crippen LogP contribution in [0.15, 0.2) is 41.6 Å². The lowest BCUT2D eigenvalue weighted by Crippen LogP contribution is -2.48. The largest absolute Gasteiger partial charge is 0.356 e. The number of rotatable bonds is 2. The molecule has 0 saturated carbocycles. The van der Waals surface area contributed by atoms with Gasteiger partial charge in [-0.05, 0) is 43.9 Å². The average molecular weight is 400 g/mol. The first-order valence-electron chi connectivity index (χ1n) is 10.0. The summed E-state index contributed by atoms with van der Waals surface area (Å²) in [6, 6.07) is 7.30. The smallest absolute Gasteiger partial charge is 0.270 e. The van der Waals surface area contributed by atoms with E-state index in [9.17, 15) is 9.59 Å². The van der Waals surface area contributed by atoms with E-state index < -0.39 is 0 Å². The molecule has 0 aromatic carbocycles. The van der Waals surface area contributed by atoms with Crippen LogP contribution in [0.5, 0.6) is 0 Å². The number of likely N-dealkylation sites (tertiary alicyclic amines) is 1. The maximum Gasteiger partial charge on any atom is 0.270 e. The second kappa shape index (κ2) is 6.95. The Morgan fingerprint density at radius 1 is 1.33 bits per heavy atom. The number of H-pyrrole nitrogens is 2. The van der Waals surface area contributed by atoms with Gasteiger partial charge in [-0.1, -0.05) is 0 Å². The minimum absolute atomic E-state index is 0.109. The molecular weight excluding hydrogens is 380 g/mol. The Hall–Kier alpha value is -3.73. The summed E-state index contributed by atoms with van der Waals surface area (Å²) in [7, 11) is 0. The molecule has 1 aliphatic heterocycles. The van der Waals surface area contributed by atoms with Gasteiger partial charge < -0.3 is 14.9 Å². The van der Waals surface area contributed by atoms with Crippen LogP contribution >= 0.6 is 0 Å². The molecule has 3 aromatic heterocycles. The van der Waals surface area contributed by atoms with Crippen LogP contribution in [0.2, 0.25) is 0 Å². The number of aromatic nitrogens is 4. The molecule has 1 fully saturated rings. The molecule has 8 nitrogen and oxygen atoms in total. The minimum atomic E-state index is -0.320. The second-order valence-electron chi connectivity index (χ2n) is 8.01. The summed E-state index contributed by atoms with van der Waals surface area (Å²) in [5.74, 6) is 0.390. The summed E-state index contributed by atoms with van der Waals surface area (Å²) >= 11 is 0. The van der Waals surface area contributed by atoms with Gasteiger partial charge in [0.05, 0.1) is 11.3 Å². The van der Waals surface area contributed by atoms with Crippen molar-refractivity contribution in [3.05, 3.63) is 69.7 Å². The molecule has 1 unspecified atom stereocenters. The summed E-state index contributed by atoms with van der Waals surface area (Å²) in [5.41, 5.74) is 2.72. The number of pyridine rings is 1. The highest BCUT2D eigenvalue weighted by Gasteiger charge is 2.46. The quantitative estimate of drug-likeness (QED) is 0.683. The molecule has 1 aliphatic carbocycles. The first kappa shape index (κ1) is 18.3. The highest BCUT2D eigenvalue weighted by molar-refractivity contribution is 5.93. The Balaban J connectivity index is 1.50. The molecule has 4 heterocycles. The van der Waals surface area contributed by atoms with Gasteiger partial charge in [0.25, 0.3) is 11.5 Å². The van der Waals surface area contributed by atoms with Gasteiger partial charge in [0.1, 0.15) is 17.6 Å². The Bertz CT molecular complexity index is 1220. The SMILES string of the molecule is N#Cc1c[nH]c(C(=O)N2CCCC3(CCc4c3nc(-c3cccnc3)[nH]c4=O)C2)c1. The Labute approximate surface area is 172 Å². The van der Waals surface area contributed by atoms with Crippen LogP contribution in [0.25, 0.3) is 11.4 Å². The van der Waals surface area contributed by atoms with E-state index in [-0.39, 0.29) is 16.9 Å². The molecule has 2 aliphatic rings. The Morgan fingerprint density at radius 3 is 3.00 bits per heavy atom. The third-order valence-corrected chi connectivity index (χ3v) is 6.21. The fourth-order valence-electron chi connectivity index (χ4n) is 4.75. The van der Waals surface area contributed by atoms with Crippen molar-refractivity contribution in [2.45, 2.75) is 31.1 Å². The van der Waals surface area contributed by atoms with E-state index in [0.29, 0.717) is 36.6 Å². The van der Waals surface area contributed by atoms with Gasteiger partial charge in [0, 0.05) is 48.2 Å². The Kier molecular flexibility index (Phi) is 4.24. The number of amides is 1. The topological polar surface area (TPSA) is 119 Å². The van der Waals surface area contributed by atoms with Crippen LogP contribution < -0.4 is 5.56 Å². The third kappa shape index (κ3) is 2.90. The van der Waals surface area contributed by atoms with Gasteiger partial charge in [-0.2, -0.15) is 5.26 Å². The van der Waals surface area contributed by atoms with Crippen molar-refractivity contribution in [3.8, 4) is 17.5 Å². The zero-order valence-electron chi connectivity index (χ0n) is 16.3. The van der Waals surface area contributed by atoms with Crippen molar-refractivity contribution in [1.82, 2.24) is 24.8 Å². The molecule has 5 rings (SSSR count). The molecule has 0 radical (unpaired) electrons. The highest BCUT2D eigenvalue weighted by Crippen LogP contribution is 2.43. The molecule has 1 atom stereocenters. The average Bonchev–Trinajstić information content (AvgIpc) is 3.40. The van der Waals surface area contributed by atoms with Crippen molar-refractivity contribution in [1.29, 1.82) is 5.26 Å². The van der Waals surface area contributed by atoms with E-state index in [1.807, 2.05) is 23.1 Å². The number of hydrogen-bond donors (Lipinski definition) is 2. The normalized spacial score (nSPS) is 20.2. The van der Waals surface area contributed by atoms with Crippen molar-refractivity contribution < 1.29 is 4.79 Å². The fraction of sp³-hybridized carbons (Fsp3) is 0.318. The lowest BCUT2D eigenvalue weighted by molar-refractivity contribution is 0.0628. The predicted molar refractivity (Wildman–Crippen MR) is 109 cm³/mol. The zero-order chi connectivity index (χ0) is 20.7. The monoisotopic (exact) mass is 400 g/mol. The molecule has 2 N–H and O–H groups in total. The van der Waals surface area contributed by atoms with E-state index in [2.05, 4.69) is 15.0 Å². The number of carbonyl (C=O) groups is 1. The number of hydrogen-bond acceptors (Lipinski definition) is 5. The first-order chi connectivity index (χ1) is 14.6. The number of carbonyl (C=O) groups excluding carboxylic acids is 1. The van der Waals surface area contributed by atoms with Crippen molar-refractivity contribution in [2.75, 3.05) is 13.1 Å². The van der Waals surface area contributed by atoms with Gasteiger partial charge in [-0.3, -0.25) is 14.6 Å². The lowest BCUT2D eigenvalue weighted by atomic mass is 9.77. The van der Waals surface area contributed by atoms with E-state index in [0.717, 1.165) is 36.1 Å². The number of fused-ring (bicyclic) bond motifs is 2. The number of aromatic amines is 2. The second-order valence-corrected chi connectivity index (χ2v) is 8.01. The Morgan fingerprint density at radius 2 is 2.23 bits per heavy atom. The number of nitrogens with zero attached hydrogens (tertiary/aromatic N) is 4. The van der Waals surface area contributed by atoms with Gasteiger partial charge in [-0.15, -0.1) is 0 Å². The van der Waals surface area contributed by atoms with Gasteiger partial charge in [0.2, 0.25) is 0 Å². The molecule has 1 spiro atoms. The van der Waals surface area contributed by atoms with Crippen LogP contribution in [-0.2, 0) is 11.8 Å². The van der Waals surface area contributed by atoms with Crippen LogP contribution in [-0.4, -0.2) is 43.8 Å². The molecule has 30 heavy (non-hydrogen) atoms. The number of piperidine rings is 1. The highest BCUT2D eigenvalue weighted by atomic mass is 16.2. The predicted octanol–water partition coefficient (Wildman–Crippen LogP) is 2.15. The standard InChI is InChI=1S/C22H20N6O2/c23-10-14-9-17(25-11-14)21(30)28-8-2-5-22(13-28)6-4-16-18(22)26-19(27-20(16)29)15-3-1-7-24-12-15/h1,3,7,9,11-12,25H,2,4-6,8,13H2,(H,26,27,29). The lowest BCUT2D eigenvalue weighted by Gasteiger charge is -2.40. The third-order valence-electron chi connectivity index (χ3n) is 6.21. The van der Waals surface area contributed by atoms with Crippen molar-refractivity contribution >= 4 is 5.91 Å². The summed E-state index contributed by atoms with van der Waals surface area (Å²) in [5, 5.41) is 9.03. The maximum absolute atomic E-state index is 13.0. The van der Waals surface area contributed by atoms with Crippen LogP contribution in [0.4, 0.5) is 0 Å². The maximum atomic E-state index is 13.0. The summed E-state index contributed by atoms with van der Waals surface area (Å²) < 4.78 is 0. The molecule has 150 valence electrons.